The Hall–Kier alpha value is -1.14. The molecule has 8 heteroatoms. The van der Waals surface area contributed by atoms with E-state index in [1.165, 1.54) is 12.1 Å². The van der Waals surface area contributed by atoms with Gasteiger partial charge < -0.3 is 10.1 Å². The Balaban J connectivity index is 1.84. The van der Waals surface area contributed by atoms with Crippen LogP contribution in [0.2, 0.25) is 10.0 Å². The van der Waals surface area contributed by atoms with Crippen molar-refractivity contribution < 1.29 is 22.7 Å². The topological polar surface area (TPSA) is 38.3 Å². The van der Waals surface area contributed by atoms with Gasteiger partial charge in [-0.1, -0.05) is 29.6 Å². The second-order valence-corrected chi connectivity index (χ2v) is 6.38. The summed E-state index contributed by atoms with van der Waals surface area (Å²) in [6.07, 6.45) is -3.21. The van der Waals surface area contributed by atoms with Crippen molar-refractivity contribution in [2.75, 3.05) is 6.61 Å². The summed E-state index contributed by atoms with van der Waals surface area (Å²) < 4.78 is 43.5. The van der Waals surface area contributed by atoms with Crippen LogP contribution >= 0.6 is 23.2 Å². The predicted molar refractivity (Wildman–Crippen MR) is 81.9 cm³/mol. The lowest BCUT2D eigenvalue weighted by Gasteiger charge is -2.31. The van der Waals surface area contributed by atoms with Crippen LogP contribution in [0, 0.1) is 5.92 Å². The molecule has 0 aliphatic heterocycles. The maximum Gasteiger partial charge on any atom is 0.391 e. The molecule has 0 saturated heterocycles. The Bertz CT molecular complexity index is 566. The molecular weight excluding hydrogens is 354 g/mol. The van der Waals surface area contributed by atoms with Crippen molar-refractivity contribution in [1.82, 2.24) is 5.32 Å². The highest BCUT2D eigenvalue weighted by molar-refractivity contribution is 6.34. The molecule has 0 spiro atoms. The van der Waals surface area contributed by atoms with Gasteiger partial charge in [0, 0.05) is 17.1 Å². The third-order valence-corrected chi connectivity index (χ3v) is 4.30. The van der Waals surface area contributed by atoms with E-state index >= 15 is 0 Å². The minimum atomic E-state index is -4.21. The van der Waals surface area contributed by atoms with Crippen molar-refractivity contribution >= 4 is 29.1 Å². The van der Waals surface area contributed by atoms with Crippen LogP contribution in [0.1, 0.15) is 25.7 Å². The third kappa shape index (κ3) is 5.46. The first kappa shape index (κ1) is 18.2. The summed E-state index contributed by atoms with van der Waals surface area (Å²) in [6, 6.07) is 4.10. The van der Waals surface area contributed by atoms with Gasteiger partial charge in [-0.2, -0.15) is 13.2 Å². The van der Waals surface area contributed by atoms with E-state index in [1.807, 2.05) is 0 Å². The molecule has 1 aromatic rings. The minimum absolute atomic E-state index is 0.0901. The molecule has 2 atom stereocenters. The summed E-state index contributed by atoms with van der Waals surface area (Å²) in [4.78, 5) is 11.8. The molecule has 1 saturated carbocycles. The molecule has 0 unspecified atom stereocenters. The van der Waals surface area contributed by atoms with Gasteiger partial charge >= 0.3 is 6.18 Å². The molecule has 1 fully saturated rings. The first-order valence-corrected chi connectivity index (χ1v) is 7.95. The van der Waals surface area contributed by atoms with Crippen molar-refractivity contribution in [3.63, 3.8) is 0 Å². The lowest BCUT2D eigenvalue weighted by molar-refractivity contribution is -0.184. The van der Waals surface area contributed by atoms with Crippen LogP contribution in [-0.4, -0.2) is 24.7 Å². The molecule has 0 radical (unpaired) electrons. The maximum absolute atomic E-state index is 12.7. The van der Waals surface area contributed by atoms with Gasteiger partial charge in [-0.15, -0.1) is 0 Å². The van der Waals surface area contributed by atoms with Crippen LogP contribution in [0.3, 0.4) is 0 Å². The van der Waals surface area contributed by atoms with E-state index in [4.69, 9.17) is 27.9 Å². The molecule has 128 valence electrons. The number of rotatable bonds is 4. The standard InChI is InChI=1S/C15H16Cl2F3NO2/c16-10-4-5-12(17)13(7-10)23-8-14(22)21-11-3-1-2-9(6-11)15(18,19)20/h4-5,7,9,11H,1-3,6,8H2,(H,21,22)/t9-,11+/m1/s1. The maximum atomic E-state index is 12.7. The number of carbonyl (C=O) groups excluding carboxylic acids is 1. The number of hydrogen-bond acceptors (Lipinski definition) is 2. The van der Waals surface area contributed by atoms with Gasteiger partial charge in [-0.3, -0.25) is 4.79 Å². The van der Waals surface area contributed by atoms with Gasteiger partial charge in [0.15, 0.2) is 6.61 Å². The number of halogens is 5. The molecule has 1 amide bonds. The second-order valence-electron chi connectivity index (χ2n) is 5.53. The quantitative estimate of drug-likeness (QED) is 0.841. The van der Waals surface area contributed by atoms with Gasteiger partial charge in [-0.25, -0.2) is 0 Å². The van der Waals surface area contributed by atoms with E-state index in [9.17, 15) is 18.0 Å². The number of alkyl halides is 3. The van der Waals surface area contributed by atoms with Gasteiger partial charge in [0.2, 0.25) is 0 Å². The summed E-state index contributed by atoms with van der Waals surface area (Å²) in [7, 11) is 0. The van der Waals surface area contributed by atoms with E-state index in [0.29, 0.717) is 22.9 Å². The van der Waals surface area contributed by atoms with Crippen molar-refractivity contribution in [2.45, 2.75) is 37.9 Å². The molecule has 1 aromatic carbocycles. The Morgan fingerprint density at radius 2 is 2.04 bits per heavy atom. The lowest BCUT2D eigenvalue weighted by atomic mass is 9.85. The largest absolute Gasteiger partial charge is 0.482 e. The molecule has 1 aliphatic carbocycles. The normalized spacial score (nSPS) is 21.8. The third-order valence-electron chi connectivity index (χ3n) is 3.75. The number of ether oxygens (including phenoxy) is 1. The molecule has 1 N–H and O–H groups in total. The SMILES string of the molecule is O=C(COc1cc(Cl)ccc1Cl)N[C@H]1CCC[C@@H](C(F)(F)F)C1. The van der Waals surface area contributed by atoms with Crippen LogP contribution in [0.5, 0.6) is 5.75 Å². The molecular formula is C15H16Cl2F3NO2. The average Bonchev–Trinajstić information content (AvgIpc) is 2.47. The second kappa shape index (κ2) is 7.62. The monoisotopic (exact) mass is 369 g/mol. The van der Waals surface area contributed by atoms with E-state index in [0.717, 1.165) is 0 Å². The zero-order chi connectivity index (χ0) is 17.0. The number of nitrogens with one attached hydrogen (secondary N) is 1. The molecule has 0 bridgehead atoms. The fraction of sp³-hybridized carbons (Fsp3) is 0.533. The van der Waals surface area contributed by atoms with E-state index in [2.05, 4.69) is 5.32 Å². The molecule has 0 heterocycles. The fourth-order valence-corrected chi connectivity index (χ4v) is 2.95. The molecule has 0 aromatic heterocycles. The zero-order valence-electron chi connectivity index (χ0n) is 12.1. The van der Waals surface area contributed by atoms with Crippen LogP contribution in [0.25, 0.3) is 0 Å². The molecule has 1 aliphatic rings. The Morgan fingerprint density at radius 3 is 2.74 bits per heavy atom. The summed E-state index contributed by atoms with van der Waals surface area (Å²) in [5, 5.41) is 3.30. The lowest BCUT2D eigenvalue weighted by Crippen LogP contribution is -2.43. The van der Waals surface area contributed by atoms with Crippen molar-refractivity contribution in [1.29, 1.82) is 0 Å². The highest BCUT2D eigenvalue weighted by atomic mass is 35.5. The van der Waals surface area contributed by atoms with Crippen LogP contribution in [0.4, 0.5) is 13.2 Å². The predicted octanol–water partition coefficient (Wildman–Crippen LogP) is 4.61. The number of carbonyl (C=O) groups is 1. The number of hydrogen-bond donors (Lipinski definition) is 1. The summed E-state index contributed by atoms with van der Waals surface area (Å²) in [5.74, 6) is -1.58. The number of benzene rings is 1. The van der Waals surface area contributed by atoms with Crippen molar-refractivity contribution in [3.05, 3.63) is 28.2 Å². The van der Waals surface area contributed by atoms with Gasteiger partial charge in [0.1, 0.15) is 5.75 Å². The molecule has 3 nitrogen and oxygen atoms in total. The van der Waals surface area contributed by atoms with Crippen molar-refractivity contribution in [2.24, 2.45) is 5.92 Å². The zero-order valence-corrected chi connectivity index (χ0v) is 13.6. The fourth-order valence-electron chi connectivity index (χ4n) is 2.62. The minimum Gasteiger partial charge on any atom is -0.482 e. The van der Waals surface area contributed by atoms with Gasteiger partial charge in [0.25, 0.3) is 5.91 Å². The first-order valence-electron chi connectivity index (χ1n) is 7.19. The summed E-state index contributed by atoms with van der Waals surface area (Å²) in [5.41, 5.74) is 0. The Morgan fingerprint density at radius 1 is 1.30 bits per heavy atom. The first-order chi connectivity index (χ1) is 10.8. The Kier molecular flexibility index (Phi) is 6.03. The van der Waals surface area contributed by atoms with Crippen molar-refractivity contribution in [3.8, 4) is 5.75 Å². The molecule has 23 heavy (non-hydrogen) atoms. The highest BCUT2D eigenvalue weighted by Gasteiger charge is 2.42. The average molecular weight is 370 g/mol. The van der Waals surface area contributed by atoms with Gasteiger partial charge in [-0.05, 0) is 31.4 Å². The smallest absolute Gasteiger partial charge is 0.391 e. The Labute approximate surface area is 142 Å². The van der Waals surface area contributed by atoms with Crippen LogP contribution < -0.4 is 10.1 Å². The highest BCUT2D eigenvalue weighted by Crippen LogP contribution is 2.37. The van der Waals surface area contributed by atoms with E-state index in [1.54, 1.807) is 6.07 Å². The summed E-state index contributed by atoms with van der Waals surface area (Å²) in [6.45, 7) is -0.326. The van der Waals surface area contributed by atoms with Crippen LogP contribution in [0.15, 0.2) is 18.2 Å². The van der Waals surface area contributed by atoms with E-state index < -0.39 is 24.0 Å². The summed E-state index contributed by atoms with van der Waals surface area (Å²) >= 11 is 11.7. The molecule has 2 rings (SSSR count). The van der Waals surface area contributed by atoms with E-state index in [-0.39, 0.29) is 25.2 Å². The van der Waals surface area contributed by atoms with Gasteiger partial charge in [0.05, 0.1) is 10.9 Å². The number of amides is 1. The van der Waals surface area contributed by atoms with Crippen LogP contribution in [-0.2, 0) is 4.79 Å².